The standard InChI is InChI=1S/C19H19N3O7/c1-28-16(23)10-15(12-5-7-14(8-6-12)22(26)27)17(19(25)29-2)21-18(24)13-4-3-9-20-11-13/h3-9,11,15,17H,10H2,1-2H3,(H,21,24)/t15-,17+/m1/s1. The molecule has 0 unspecified atom stereocenters. The molecule has 10 nitrogen and oxygen atoms in total. The van der Waals surface area contributed by atoms with Crippen LogP contribution in [0, 0.1) is 10.1 Å². The maximum atomic E-state index is 12.5. The molecule has 2 aromatic rings. The van der Waals surface area contributed by atoms with E-state index in [1.807, 2.05) is 0 Å². The summed E-state index contributed by atoms with van der Waals surface area (Å²) in [6, 6.07) is 7.15. The maximum Gasteiger partial charge on any atom is 0.329 e. The third-order valence-electron chi connectivity index (χ3n) is 4.21. The molecule has 1 amide bonds. The van der Waals surface area contributed by atoms with Gasteiger partial charge in [-0.15, -0.1) is 0 Å². The summed E-state index contributed by atoms with van der Waals surface area (Å²) < 4.78 is 9.49. The smallest absolute Gasteiger partial charge is 0.329 e. The van der Waals surface area contributed by atoms with Gasteiger partial charge in [0, 0.05) is 30.4 Å². The number of carbonyl (C=O) groups excluding carboxylic acids is 3. The molecule has 1 aromatic carbocycles. The average molecular weight is 401 g/mol. The number of non-ortho nitro benzene ring substituents is 1. The van der Waals surface area contributed by atoms with E-state index in [4.69, 9.17) is 9.47 Å². The number of methoxy groups -OCH3 is 2. The molecule has 1 N–H and O–H groups in total. The lowest BCUT2D eigenvalue weighted by atomic mass is 9.88. The zero-order valence-corrected chi connectivity index (χ0v) is 15.7. The Morgan fingerprint density at radius 2 is 1.83 bits per heavy atom. The van der Waals surface area contributed by atoms with Crippen LogP contribution in [0.25, 0.3) is 0 Å². The highest BCUT2D eigenvalue weighted by atomic mass is 16.6. The van der Waals surface area contributed by atoms with E-state index in [2.05, 4.69) is 10.3 Å². The van der Waals surface area contributed by atoms with Crippen molar-refractivity contribution in [2.45, 2.75) is 18.4 Å². The number of hydrogen-bond acceptors (Lipinski definition) is 8. The zero-order valence-electron chi connectivity index (χ0n) is 15.7. The fraction of sp³-hybridized carbons (Fsp3) is 0.263. The monoisotopic (exact) mass is 401 g/mol. The molecular weight excluding hydrogens is 382 g/mol. The second kappa shape index (κ2) is 9.93. The molecule has 0 fully saturated rings. The SMILES string of the molecule is COC(=O)C[C@H](c1ccc([N+](=O)[O-])cc1)[C@H](NC(=O)c1cccnc1)C(=O)OC. The molecule has 0 aliphatic rings. The van der Waals surface area contributed by atoms with E-state index >= 15 is 0 Å². The Morgan fingerprint density at radius 1 is 1.14 bits per heavy atom. The summed E-state index contributed by atoms with van der Waals surface area (Å²) in [6.07, 6.45) is 2.55. The van der Waals surface area contributed by atoms with Crippen LogP contribution in [0.1, 0.15) is 28.3 Å². The first-order valence-electron chi connectivity index (χ1n) is 8.47. The molecule has 0 spiro atoms. The van der Waals surface area contributed by atoms with Crippen LogP contribution in [0.2, 0.25) is 0 Å². The largest absolute Gasteiger partial charge is 0.469 e. The van der Waals surface area contributed by atoms with Crippen molar-refractivity contribution in [1.29, 1.82) is 0 Å². The van der Waals surface area contributed by atoms with E-state index in [9.17, 15) is 24.5 Å². The molecule has 0 radical (unpaired) electrons. The fourth-order valence-electron chi connectivity index (χ4n) is 2.71. The van der Waals surface area contributed by atoms with Crippen molar-refractivity contribution >= 4 is 23.5 Å². The summed E-state index contributed by atoms with van der Waals surface area (Å²) >= 11 is 0. The molecule has 2 rings (SSSR count). The molecular formula is C19H19N3O7. The second-order valence-electron chi connectivity index (χ2n) is 5.95. The highest BCUT2D eigenvalue weighted by Crippen LogP contribution is 2.27. The van der Waals surface area contributed by atoms with Crippen LogP contribution in [0.4, 0.5) is 5.69 Å². The van der Waals surface area contributed by atoms with Gasteiger partial charge in [-0.1, -0.05) is 12.1 Å². The van der Waals surface area contributed by atoms with Crippen molar-refractivity contribution in [3.63, 3.8) is 0 Å². The summed E-state index contributed by atoms with van der Waals surface area (Å²) in [5.41, 5.74) is 0.476. The van der Waals surface area contributed by atoms with Crippen molar-refractivity contribution in [3.8, 4) is 0 Å². The average Bonchev–Trinajstić information content (AvgIpc) is 2.75. The van der Waals surface area contributed by atoms with Gasteiger partial charge in [-0.05, 0) is 17.7 Å². The summed E-state index contributed by atoms with van der Waals surface area (Å²) in [6.45, 7) is 0. The maximum absolute atomic E-state index is 12.5. The quantitative estimate of drug-likeness (QED) is 0.400. The topological polar surface area (TPSA) is 138 Å². The first-order chi connectivity index (χ1) is 13.9. The van der Waals surface area contributed by atoms with Gasteiger partial charge in [-0.25, -0.2) is 4.79 Å². The number of nitro benzene ring substituents is 1. The minimum atomic E-state index is -1.24. The van der Waals surface area contributed by atoms with Crippen LogP contribution in [0.3, 0.4) is 0 Å². The molecule has 0 aliphatic carbocycles. The molecule has 0 bridgehead atoms. The van der Waals surface area contributed by atoms with Crippen molar-refractivity contribution < 1.29 is 28.8 Å². The second-order valence-corrected chi connectivity index (χ2v) is 5.95. The number of aromatic nitrogens is 1. The summed E-state index contributed by atoms with van der Waals surface area (Å²) in [7, 11) is 2.34. The number of amides is 1. The Bertz CT molecular complexity index is 884. The number of nitrogens with zero attached hydrogens (tertiary/aromatic N) is 2. The van der Waals surface area contributed by atoms with Crippen molar-refractivity contribution in [3.05, 3.63) is 70.0 Å². The Morgan fingerprint density at radius 3 is 2.34 bits per heavy atom. The van der Waals surface area contributed by atoms with E-state index < -0.39 is 34.7 Å². The lowest BCUT2D eigenvalue weighted by molar-refractivity contribution is -0.384. The molecule has 10 heteroatoms. The third kappa shape index (κ3) is 5.58. The van der Waals surface area contributed by atoms with Gasteiger partial charge in [0.2, 0.25) is 0 Å². The van der Waals surface area contributed by atoms with Gasteiger partial charge in [-0.2, -0.15) is 0 Å². The third-order valence-corrected chi connectivity index (χ3v) is 4.21. The Labute approximate surface area is 166 Å². The first-order valence-corrected chi connectivity index (χ1v) is 8.47. The molecule has 1 aromatic heterocycles. The molecule has 2 atom stereocenters. The number of rotatable bonds is 8. The van der Waals surface area contributed by atoms with E-state index in [1.54, 1.807) is 6.07 Å². The lowest BCUT2D eigenvalue weighted by Gasteiger charge is -2.25. The van der Waals surface area contributed by atoms with Crippen LogP contribution in [0.5, 0.6) is 0 Å². The summed E-state index contributed by atoms with van der Waals surface area (Å²) in [4.78, 5) is 51.1. The Kier molecular flexibility index (Phi) is 7.35. The van der Waals surface area contributed by atoms with E-state index in [0.29, 0.717) is 5.56 Å². The van der Waals surface area contributed by atoms with Gasteiger partial charge in [0.1, 0.15) is 6.04 Å². The Hall–Kier alpha value is -3.82. The highest BCUT2D eigenvalue weighted by molar-refractivity contribution is 5.97. The number of carbonyl (C=O) groups is 3. The molecule has 0 saturated carbocycles. The number of hydrogen-bond donors (Lipinski definition) is 1. The van der Waals surface area contributed by atoms with Gasteiger partial charge in [0.15, 0.2) is 0 Å². The number of pyridine rings is 1. The van der Waals surface area contributed by atoms with Crippen molar-refractivity contribution in [1.82, 2.24) is 10.3 Å². The summed E-state index contributed by atoms with van der Waals surface area (Å²) in [5, 5.41) is 13.4. The predicted molar refractivity (Wildman–Crippen MR) is 100.0 cm³/mol. The number of nitrogens with one attached hydrogen (secondary N) is 1. The molecule has 152 valence electrons. The molecule has 1 heterocycles. The van der Waals surface area contributed by atoms with Crippen LogP contribution < -0.4 is 5.32 Å². The highest BCUT2D eigenvalue weighted by Gasteiger charge is 2.34. The van der Waals surface area contributed by atoms with E-state index in [0.717, 1.165) is 7.11 Å². The van der Waals surface area contributed by atoms with Gasteiger partial charge in [0.05, 0.1) is 31.1 Å². The van der Waals surface area contributed by atoms with E-state index in [1.165, 1.54) is 49.8 Å². The Balaban J connectivity index is 2.40. The van der Waals surface area contributed by atoms with Crippen molar-refractivity contribution in [2.24, 2.45) is 0 Å². The first kappa shape index (κ1) is 21.5. The minimum Gasteiger partial charge on any atom is -0.469 e. The molecule has 0 saturated heterocycles. The zero-order chi connectivity index (χ0) is 21.4. The van der Waals surface area contributed by atoms with Gasteiger partial charge >= 0.3 is 11.9 Å². The lowest BCUT2D eigenvalue weighted by Crippen LogP contribution is -2.46. The number of benzene rings is 1. The van der Waals surface area contributed by atoms with Crippen LogP contribution in [-0.2, 0) is 19.1 Å². The number of esters is 2. The minimum absolute atomic E-state index is 0.153. The van der Waals surface area contributed by atoms with E-state index in [-0.39, 0.29) is 17.7 Å². The molecule has 29 heavy (non-hydrogen) atoms. The van der Waals surface area contributed by atoms with Gasteiger partial charge in [0.25, 0.3) is 11.6 Å². The van der Waals surface area contributed by atoms with Gasteiger partial charge < -0.3 is 14.8 Å². The molecule has 0 aliphatic heterocycles. The predicted octanol–water partition coefficient (Wildman–Crippen LogP) is 1.61. The summed E-state index contributed by atoms with van der Waals surface area (Å²) in [5.74, 6) is -2.88. The van der Waals surface area contributed by atoms with Gasteiger partial charge in [-0.3, -0.25) is 24.7 Å². The number of ether oxygens (including phenoxy) is 2. The number of nitro groups is 1. The van der Waals surface area contributed by atoms with Crippen LogP contribution in [-0.4, -0.2) is 48.0 Å². The van der Waals surface area contributed by atoms with Crippen LogP contribution >= 0.6 is 0 Å². The fourth-order valence-corrected chi connectivity index (χ4v) is 2.71. The van der Waals surface area contributed by atoms with Crippen molar-refractivity contribution in [2.75, 3.05) is 14.2 Å². The van der Waals surface area contributed by atoms with Crippen LogP contribution in [0.15, 0.2) is 48.8 Å². The normalized spacial score (nSPS) is 12.3.